The molecule has 0 atom stereocenters. The van der Waals surface area contributed by atoms with E-state index in [9.17, 15) is 9.59 Å². The maximum atomic E-state index is 13.7. The van der Waals surface area contributed by atoms with Gasteiger partial charge < -0.3 is 19.9 Å². The van der Waals surface area contributed by atoms with E-state index in [1.54, 1.807) is 17.2 Å². The number of aromatic nitrogens is 4. The predicted molar refractivity (Wildman–Crippen MR) is 168 cm³/mol. The van der Waals surface area contributed by atoms with Gasteiger partial charge in [0.15, 0.2) is 5.82 Å². The first kappa shape index (κ1) is 28.2. The highest BCUT2D eigenvalue weighted by molar-refractivity contribution is 7.21. The molecule has 2 aromatic carbocycles. The Morgan fingerprint density at radius 3 is 2.37 bits per heavy atom. The lowest BCUT2D eigenvalue weighted by Gasteiger charge is -2.36. The van der Waals surface area contributed by atoms with Crippen LogP contribution in [-0.4, -0.2) is 68.6 Å². The van der Waals surface area contributed by atoms with Gasteiger partial charge in [-0.25, -0.2) is 24.7 Å². The summed E-state index contributed by atoms with van der Waals surface area (Å²) in [5.74, 6) is 0.705. The first-order valence-corrected chi connectivity index (χ1v) is 14.8. The molecule has 5 aromatic rings. The molecule has 0 saturated carbocycles. The summed E-state index contributed by atoms with van der Waals surface area (Å²) in [5.41, 5.74) is 2.71. The number of carbonyl (C=O) groups excluding carboxylic acids is 2. The van der Waals surface area contributed by atoms with Crippen LogP contribution in [0.1, 0.15) is 31.3 Å². The molecule has 4 heterocycles. The Bertz CT molecular complexity index is 1740. The number of pyridine rings is 1. The van der Waals surface area contributed by atoms with Crippen LogP contribution in [0.4, 0.5) is 16.3 Å². The van der Waals surface area contributed by atoms with Gasteiger partial charge in [0.05, 0.1) is 5.69 Å². The van der Waals surface area contributed by atoms with Gasteiger partial charge in [0.2, 0.25) is 0 Å². The van der Waals surface area contributed by atoms with Crippen LogP contribution in [0.15, 0.2) is 79.0 Å². The van der Waals surface area contributed by atoms with Gasteiger partial charge in [-0.1, -0.05) is 53.8 Å². The van der Waals surface area contributed by atoms with E-state index in [1.807, 2.05) is 87.5 Å². The number of benzene rings is 2. The minimum atomic E-state index is -0.559. The van der Waals surface area contributed by atoms with Crippen molar-refractivity contribution in [1.82, 2.24) is 24.8 Å². The lowest BCUT2D eigenvalue weighted by molar-refractivity contribution is 0.0240. The van der Waals surface area contributed by atoms with Gasteiger partial charge in [-0.3, -0.25) is 4.79 Å². The molecule has 1 saturated heterocycles. The molecule has 1 N–H and O–H groups in total. The smallest absolute Gasteiger partial charge is 0.410 e. The third-order valence-corrected chi connectivity index (χ3v) is 7.82. The van der Waals surface area contributed by atoms with Gasteiger partial charge in [-0.05, 0) is 45.0 Å². The van der Waals surface area contributed by atoms with Crippen LogP contribution < -0.4 is 10.2 Å². The maximum Gasteiger partial charge on any atom is 0.410 e. The van der Waals surface area contributed by atoms with Crippen molar-refractivity contribution < 1.29 is 14.3 Å². The average molecular weight is 594 g/mol. The van der Waals surface area contributed by atoms with Crippen LogP contribution in [0.5, 0.6) is 0 Å². The number of piperazine rings is 1. The Kier molecular flexibility index (Phi) is 7.73. The van der Waals surface area contributed by atoms with Gasteiger partial charge in [-0.15, -0.1) is 0 Å². The van der Waals surface area contributed by atoms with E-state index < -0.39 is 5.60 Å². The molecule has 1 fully saturated rings. The normalized spacial score (nSPS) is 13.7. The van der Waals surface area contributed by atoms with E-state index >= 15 is 0 Å². The van der Waals surface area contributed by atoms with E-state index in [-0.39, 0.29) is 17.7 Å². The fraction of sp³-hybridized carbons (Fsp3) is 0.250. The molecule has 11 heteroatoms. The second kappa shape index (κ2) is 11.8. The van der Waals surface area contributed by atoms with Crippen LogP contribution in [0, 0.1) is 0 Å². The van der Waals surface area contributed by atoms with E-state index in [2.05, 4.69) is 20.2 Å². The van der Waals surface area contributed by atoms with E-state index in [4.69, 9.17) is 14.7 Å². The standard InChI is InChI=1S/C32H31N7O3S/c1-32(2,3)42-31(41)39-18-16-38(17-19-39)26-20-25(34-27(37-26)21-10-5-4-6-11-21)28(40)35-23-13-8-7-12-22(23)29-36-24-14-9-15-33-30(24)43-29/h4-15,20H,16-19H2,1-3H3,(H,35,40). The number of amides is 2. The molecule has 2 amide bonds. The summed E-state index contributed by atoms with van der Waals surface area (Å²) >= 11 is 1.47. The van der Waals surface area contributed by atoms with Crippen LogP contribution in [0.2, 0.25) is 0 Å². The van der Waals surface area contributed by atoms with E-state index in [0.29, 0.717) is 43.5 Å². The van der Waals surface area contributed by atoms with Crippen molar-refractivity contribution in [2.45, 2.75) is 26.4 Å². The zero-order valence-electron chi connectivity index (χ0n) is 24.2. The van der Waals surface area contributed by atoms with Gasteiger partial charge >= 0.3 is 6.09 Å². The number of thiazole rings is 1. The molecule has 218 valence electrons. The highest BCUT2D eigenvalue weighted by atomic mass is 32.1. The fourth-order valence-electron chi connectivity index (χ4n) is 4.72. The Morgan fingerprint density at radius 1 is 0.884 bits per heavy atom. The van der Waals surface area contributed by atoms with Crippen LogP contribution >= 0.6 is 11.3 Å². The van der Waals surface area contributed by atoms with Crippen LogP contribution in [0.3, 0.4) is 0 Å². The lowest BCUT2D eigenvalue weighted by Crippen LogP contribution is -2.50. The molecule has 6 rings (SSSR count). The summed E-state index contributed by atoms with van der Waals surface area (Å²) in [7, 11) is 0. The van der Waals surface area contributed by atoms with E-state index in [0.717, 1.165) is 26.5 Å². The molecule has 3 aromatic heterocycles. The fourth-order valence-corrected chi connectivity index (χ4v) is 5.67. The van der Waals surface area contributed by atoms with Crippen molar-refractivity contribution in [1.29, 1.82) is 0 Å². The van der Waals surface area contributed by atoms with Crippen LogP contribution in [0.25, 0.3) is 32.3 Å². The molecule has 0 unspecified atom stereocenters. The number of ether oxygens (including phenoxy) is 1. The minimum Gasteiger partial charge on any atom is -0.444 e. The zero-order chi connectivity index (χ0) is 30.0. The number of hydrogen-bond donors (Lipinski definition) is 1. The second-order valence-electron chi connectivity index (χ2n) is 11.1. The van der Waals surface area contributed by atoms with Crippen molar-refractivity contribution in [2.24, 2.45) is 0 Å². The van der Waals surface area contributed by atoms with Crippen molar-refractivity contribution in [3.05, 3.63) is 84.7 Å². The summed E-state index contributed by atoms with van der Waals surface area (Å²) in [6.07, 6.45) is 1.41. The van der Waals surface area contributed by atoms with Gasteiger partial charge in [0.25, 0.3) is 5.91 Å². The Hall–Kier alpha value is -4.90. The molecule has 0 radical (unpaired) electrons. The SMILES string of the molecule is CC(C)(C)OC(=O)N1CCN(c2cc(C(=O)Nc3ccccc3-c3nc4cccnc4s3)nc(-c3ccccc3)n2)CC1. The molecular weight excluding hydrogens is 562 g/mol. The number of rotatable bonds is 5. The zero-order valence-corrected chi connectivity index (χ0v) is 25.0. The van der Waals surface area contributed by atoms with Crippen LogP contribution in [-0.2, 0) is 4.74 Å². The summed E-state index contributed by atoms with van der Waals surface area (Å²) < 4.78 is 5.54. The predicted octanol–water partition coefficient (Wildman–Crippen LogP) is 6.12. The number of nitrogens with one attached hydrogen (secondary N) is 1. The summed E-state index contributed by atoms with van der Waals surface area (Å²) in [5, 5.41) is 3.82. The van der Waals surface area contributed by atoms with Crippen molar-refractivity contribution >= 4 is 45.2 Å². The topological polar surface area (TPSA) is 113 Å². The summed E-state index contributed by atoms with van der Waals surface area (Å²) in [6, 6.07) is 22.6. The summed E-state index contributed by atoms with van der Waals surface area (Å²) in [6.45, 7) is 7.61. The van der Waals surface area contributed by atoms with Gasteiger partial charge in [-0.2, -0.15) is 0 Å². The van der Waals surface area contributed by atoms with Gasteiger partial charge in [0, 0.05) is 49.6 Å². The molecular formula is C32H31N7O3S. The van der Waals surface area contributed by atoms with Crippen molar-refractivity contribution in [3.63, 3.8) is 0 Å². The molecule has 1 aliphatic rings. The lowest BCUT2D eigenvalue weighted by atomic mass is 10.1. The molecule has 0 aliphatic carbocycles. The minimum absolute atomic E-state index is 0.235. The highest BCUT2D eigenvalue weighted by Gasteiger charge is 2.27. The number of para-hydroxylation sites is 1. The third-order valence-electron chi connectivity index (χ3n) is 6.80. The number of carbonyl (C=O) groups is 2. The van der Waals surface area contributed by atoms with Crippen molar-refractivity contribution in [3.8, 4) is 22.0 Å². The molecule has 1 aliphatic heterocycles. The number of fused-ring (bicyclic) bond motifs is 1. The summed E-state index contributed by atoms with van der Waals surface area (Å²) in [4.78, 5) is 49.5. The monoisotopic (exact) mass is 593 g/mol. The third kappa shape index (κ3) is 6.46. The average Bonchev–Trinajstić information content (AvgIpc) is 3.45. The van der Waals surface area contributed by atoms with E-state index in [1.165, 1.54) is 11.3 Å². The largest absolute Gasteiger partial charge is 0.444 e. The first-order chi connectivity index (χ1) is 20.7. The number of anilines is 2. The second-order valence-corrected chi connectivity index (χ2v) is 12.1. The molecule has 10 nitrogen and oxygen atoms in total. The highest BCUT2D eigenvalue weighted by Crippen LogP contribution is 2.34. The van der Waals surface area contributed by atoms with Crippen molar-refractivity contribution in [2.75, 3.05) is 36.4 Å². The number of hydrogen-bond acceptors (Lipinski definition) is 9. The molecule has 43 heavy (non-hydrogen) atoms. The molecule has 0 bridgehead atoms. The quantitative estimate of drug-likeness (QED) is 0.259. The molecule has 0 spiro atoms. The Labute approximate surface area is 253 Å². The number of nitrogens with zero attached hydrogens (tertiary/aromatic N) is 6. The first-order valence-electron chi connectivity index (χ1n) is 14.0. The van der Waals surface area contributed by atoms with Gasteiger partial charge in [0.1, 0.15) is 32.5 Å². The maximum absolute atomic E-state index is 13.7. The Morgan fingerprint density at radius 2 is 1.63 bits per heavy atom. The Balaban J connectivity index is 1.28.